The SMILES string of the molecule is O=C(Cc1ccc(Cl)c(Cl)c1)NCCCCn1ccnc1. The smallest absolute Gasteiger partial charge is 0.224 e. The molecule has 0 atom stereocenters. The highest BCUT2D eigenvalue weighted by Gasteiger charge is 2.05. The van der Waals surface area contributed by atoms with Crippen molar-refractivity contribution in [1.29, 1.82) is 0 Å². The third kappa shape index (κ3) is 5.40. The molecule has 0 fully saturated rings. The number of halogens is 2. The minimum atomic E-state index is -0.00369. The number of rotatable bonds is 7. The first-order valence-corrected chi connectivity index (χ1v) is 7.57. The summed E-state index contributed by atoms with van der Waals surface area (Å²) >= 11 is 11.8. The highest BCUT2D eigenvalue weighted by molar-refractivity contribution is 6.42. The summed E-state index contributed by atoms with van der Waals surface area (Å²) in [7, 11) is 0. The van der Waals surface area contributed by atoms with Crippen molar-refractivity contribution >= 4 is 29.1 Å². The molecule has 0 aliphatic carbocycles. The summed E-state index contributed by atoms with van der Waals surface area (Å²) in [6.45, 7) is 1.59. The summed E-state index contributed by atoms with van der Waals surface area (Å²) in [4.78, 5) is 15.8. The molecule has 1 N–H and O–H groups in total. The van der Waals surface area contributed by atoms with Gasteiger partial charge in [-0.1, -0.05) is 29.3 Å². The number of carbonyl (C=O) groups excluding carboxylic acids is 1. The molecule has 1 heterocycles. The van der Waals surface area contributed by atoms with Gasteiger partial charge in [0.2, 0.25) is 5.91 Å². The average molecular weight is 326 g/mol. The average Bonchev–Trinajstić information content (AvgIpc) is 2.96. The summed E-state index contributed by atoms with van der Waals surface area (Å²) in [6, 6.07) is 5.24. The summed E-state index contributed by atoms with van der Waals surface area (Å²) in [6.07, 6.45) is 7.75. The van der Waals surface area contributed by atoms with Gasteiger partial charge in [0, 0.05) is 25.5 Å². The molecule has 2 aromatic rings. The molecule has 0 radical (unpaired) electrons. The molecule has 1 aromatic heterocycles. The second kappa shape index (κ2) is 8.05. The second-order valence-corrected chi connectivity index (χ2v) is 5.60. The maximum absolute atomic E-state index is 11.8. The van der Waals surface area contributed by atoms with Crippen molar-refractivity contribution in [1.82, 2.24) is 14.9 Å². The quantitative estimate of drug-likeness (QED) is 0.794. The summed E-state index contributed by atoms with van der Waals surface area (Å²) in [5.74, 6) is -0.00369. The number of unbranched alkanes of at least 4 members (excludes halogenated alkanes) is 1. The predicted molar refractivity (Wildman–Crippen MR) is 84.6 cm³/mol. The molecule has 6 heteroatoms. The van der Waals surface area contributed by atoms with Crippen LogP contribution in [0.4, 0.5) is 0 Å². The normalized spacial score (nSPS) is 10.6. The predicted octanol–water partition coefficient (Wildman–Crippen LogP) is 3.33. The monoisotopic (exact) mass is 325 g/mol. The van der Waals surface area contributed by atoms with Crippen LogP contribution in [0.2, 0.25) is 10.0 Å². The van der Waals surface area contributed by atoms with Gasteiger partial charge in [-0.25, -0.2) is 4.98 Å². The van der Waals surface area contributed by atoms with Crippen molar-refractivity contribution in [3.8, 4) is 0 Å². The van der Waals surface area contributed by atoms with E-state index < -0.39 is 0 Å². The van der Waals surface area contributed by atoms with E-state index in [0.717, 1.165) is 24.9 Å². The third-order valence-electron chi connectivity index (χ3n) is 3.07. The van der Waals surface area contributed by atoms with Crippen molar-refractivity contribution in [3.63, 3.8) is 0 Å². The number of amides is 1. The number of hydrogen-bond donors (Lipinski definition) is 1. The van der Waals surface area contributed by atoms with Crippen molar-refractivity contribution in [2.75, 3.05) is 6.54 Å². The third-order valence-corrected chi connectivity index (χ3v) is 3.81. The minimum Gasteiger partial charge on any atom is -0.356 e. The van der Waals surface area contributed by atoms with E-state index in [-0.39, 0.29) is 5.91 Å². The molecule has 0 bridgehead atoms. The Balaban J connectivity index is 1.64. The van der Waals surface area contributed by atoms with Gasteiger partial charge in [0.05, 0.1) is 22.8 Å². The van der Waals surface area contributed by atoms with Crippen LogP contribution >= 0.6 is 23.2 Å². The summed E-state index contributed by atoms with van der Waals surface area (Å²) in [5, 5.41) is 3.88. The van der Waals surface area contributed by atoms with Gasteiger partial charge in [-0.2, -0.15) is 0 Å². The summed E-state index contributed by atoms with van der Waals surface area (Å²) in [5.41, 5.74) is 0.861. The Morgan fingerprint density at radius 3 is 2.81 bits per heavy atom. The fourth-order valence-electron chi connectivity index (χ4n) is 1.96. The Bertz CT molecular complexity index is 585. The van der Waals surface area contributed by atoms with Gasteiger partial charge in [-0.05, 0) is 30.5 Å². The molecule has 0 saturated heterocycles. The van der Waals surface area contributed by atoms with Crippen LogP contribution in [0.5, 0.6) is 0 Å². The van der Waals surface area contributed by atoms with Crippen LogP contribution in [0, 0.1) is 0 Å². The molecule has 2 rings (SSSR count). The van der Waals surface area contributed by atoms with Crippen LogP contribution in [0.25, 0.3) is 0 Å². The largest absolute Gasteiger partial charge is 0.356 e. The van der Waals surface area contributed by atoms with E-state index in [0.29, 0.717) is 23.0 Å². The highest BCUT2D eigenvalue weighted by Crippen LogP contribution is 2.22. The Morgan fingerprint density at radius 1 is 1.24 bits per heavy atom. The first kappa shape index (κ1) is 15.9. The lowest BCUT2D eigenvalue weighted by Crippen LogP contribution is -2.26. The number of aromatic nitrogens is 2. The van der Waals surface area contributed by atoms with E-state index in [1.807, 2.05) is 16.8 Å². The van der Waals surface area contributed by atoms with E-state index in [2.05, 4.69) is 10.3 Å². The van der Waals surface area contributed by atoms with Gasteiger partial charge in [0.15, 0.2) is 0 Å². The van der Waals surface area contributed by atoms with Crippen LogP contribution in [-0.4, -0.2) is 22.0 Å². The number of nitrogens with zero attached hydrogens (tertiary/aromatic N) is 2. The summed E-state index contributed by atoms with van der Waals surface area (Å²) < 4.78 is 2.03. The fraction of sp³-hybridized carbons (Fsp3) is 0.333. The lowest BCUT2D eigenvalue weighted by atomic mass is 10.1. The zero-order chi connectivity index (χ0) is 15.1. The first-order valence-electron chi connectivity index (χ1n) is 6.81. The van der Waals surface area contributed by atoms with Gasteiger partial charge in [0.25, 0.3) is 0 Å². The van der Waals surface area contributed by atoms with Crippen molar-refractivity contribution in [3.05, 3.63) is 52.5 Å². The van der Waals surface area contributed by atoms with Crippen molar-refractivity contribution in [2.24, 2.45) is 0 Å². The van der Waals surface area contributed by atoms with Gasteiger partial charge in [-0.15, -0.1) is 0 Å². The number of nitrogens with one attached hydrogen (secondary N) is 1. The second-order valence-electron chi connectivity index (χ2n) is 4.78. The molecule has 1 amide bonds. The highest BCUT2D eigenvalue weighted by atomic mass is 35.5. The Hall–Kier alpha value is -1.52. The fourth-order valence-corrected chi connectivity index (χ4v) is 2.28. The van der Waals surface area contributed by atoms with E-state index in [1.165, 1.54) is 0 Å². The molecule has 0 aliphatic heterocycles. The molecule has 21 heavy (non-hydrogen) atoms. The number of hydrogen-bond acceptors (Lipinski definition) is 2. The van der Waals surface area contributed by atoms with Crippen LogP contribution in [0.1, 0.15) is 18.4 Å². The molecule has 4 nitrogen and oxygen atoms in total. The maximum atomic E-state index is 11.8. The van der Waals surface area contributed by atoms with Crippen molar-refractivity contribution in [2.45, 2.75) is 25.8 Å². The van der Waals surface area contributed by atoms with Gasteiger partial charge >= 0.3 is 0 Å². The number of benzene rings is 1. The number of carbonyl (C=O) groups is 1. The molecule has 0 spiro atoms. The standard InChI is InChI=1S/C15H17Cl2N3O/c16-13-4-3-12(9-14(13)17)10-15(21)19-5-1-2-7-20-8-6-18-11-20/h3-4,6,8-9,11H,1-2,5,7,10H2,(H,19,21). The molecule has 1 aromatic carbocycles. The van der Waals surface area contributed by atoms with E-state index in [1.54, 1.807) is 24.7 Å². The Kier molecular flexibility index (Phi) is 6.08. The lowest BCUT2D eigenvalue weighted by molar-refractivity contribution is -0.120. The van der Waals surface area contributed by atoms with Gasteiger partial charge < -0.3 is 9.88 Å². The minimum absolute atomic E-state index is 0.00369. The lowest BCUT2D eigenvalue weighted by Gasteiger charge is -2.06. The molecular weight excluding hydrogens is 309 g/mol. The topological polar surface area (TPSA) is 46.9 Å². The van der Waals surface area contributed by atoms with Crippen molar-refractivity contribution < 1.29 is 4.79 Å². The van der Waals surface area contributed by atoms with E-state index in [9.17, 15) is 4.79 Å². The van der Waals surface area contributed by atoms with Crippen LogP contribution < -0.4 is 5.32 Å². The Morgan fingerprint density at radius 2 is 2.10 bits per heavy atom. The molecule has 112 valence electrons. The molecule has 0 unspecified atom stereocenters. The molecule has 0 aliphatic rings. The van der Waals surface area contributed by atoms with Crippen LogP contribution in [0.3, 0.4) is 0 Å². The molecular formula is C15H17Cl2N3O. The van der Waals surface area contributed by atoms with Gasteiger partial charge in [0.1, 0.15) is 0 Å². The number of imidazole rings is 1. The van der Waals surface area contributed by atoms with Gasteiger partial charge in [-0.3, -0.25) is 4.79 Å². The maximum Gasteiger partial charge on any atom is 0.224 e. The first-order chi connectivity index (χ1) is 10.1. The van der Waals surface area contributed by atoms with Crippen LogP contribution in [-0.2, 0) is 17.8 Å². The Labute approximate surface area is 134 Å². The van der Waals surface area contributed by atoms with E-state index >= 15 is 0 Å². The number of aryl methyl sites for hydroxylation is 1. The zero-order valence-electron chi connectivity index (χ0n) is 11.6. The zero-order valence-corrected chi connectivity index (χ0v) is 13.1. The van der Waals surface area contributed by atoms with Crippen LogP contribution in [0.15, 0.2) is 36.9 Å². The van der Waals surface area contributed by atoms with E-state index in [4.69, 9.17) is 23.2 Å². The molecule has 0 saturated carbocycles.